The zero-order chi connectivity index (χ0) is 16.8. The van der Waals surface area contributed by atoms with E-state index >= 15 is 0 Å². The summed E-state index contributed by atoms with van der Waals surface area (Å²) in [6.45, 7) is 0.857. The van der Waals surface area contributed by atoms with E-state index < -0.39 is 4.92 Å². The minimum absolute atomic E-state index is 0.157. The van der Waals surface area contributed by atoms with Gasteiger partial charge in [-0.05, 0) is 30.0 Å². The molecule has 3 rings (SSSR count). The Morgan fingerprint density at radius 1 is 1.21 bits per heavy atom. The summed E-state index contributed by atoms with van der Waals surface area (Å²) in [6.07, 6.45) is 3.61. The van der Waals surface area contributed by atoms with Crippen LogP contribution in [0.4, 0.5) is 17.3 Å². The Morgan fingerprint density at radius 3 is 2.71 bits per heavy atom. The van der Waals surface area contributed by atoms with Gasteiger partial charge in [-0.15, -0.1) is 11.3 Å². The molecule has 24 heavy (non-hydrogen) atoms. The predicted octanol–water partition coefficient (Wildman–Crippen LogP) is 3.31. The van der Waals surface area contributed by atoms with Crippen molar-refractivity contribution in [3.63, 3.8) is 0 Å². The number of hydrogen-bond donors (Lipinski definition) is 2. The monoisotopic (exact) mass is 345 g/mol. The van der Waals surface area contributed by atoms with Crippen LogP contribution >= 0.6 is 11.3 Å². The Hall–Kier alpha value is -2.94. The highest BCUT2D eigenvalue weighted by molar-refractivity contribution is 7.09. The first-order valence-corrected chi connectivity index (χ1v) is 8.14. The molecule has 0 radical (unpaired) electrons. The van der Waals surface area contributed by atoms with Gasteiger partial charge in [0.05, 0.1) is 17.7 Å². The first-order valence-electron chi connectivity index (χ1n) is 7.26. The van der Waals surface area contributed by atoms with Gasteiger partial charge in [-0.25, -0.2) is 9.97 Å². The first kappa shape index (κ1) is 15.9. The molecule has 0 amide bonds. The minimum Gasteiger partial charge on any atom is -0.467 e. The van der Waals surface area contributed by atoms with Crippen LogP contribution in [0.25, 0.3) is 0 Å². The molecule has 0 atom stereocenters. The summed E-state index contributed by atoms with van der Waals surface area (Å²) >= 11 is 1.65. The fourth-order valence-electron chi connectivity index (χ4n) is 2.15. The van der Waals surface area contributed by atoms with Gasteiger partial charge in [-0.2, -0.15) is 0 Å². The highest BCUT2D eigenvalue weighted by Crippen LogP contribution is 2.29. The molecule has 3 aromatic rings. The van der Waals surface area contributed by atoms with E-state index in [4.69, 9.17) is 4.42 Å². The lowest BCUT2D eigenvalue weighted by atomic mass is 10.3. The summed E-state index contributed by atoms with van der Waals surface area (Å²) in [5.41, 5.74) is -0.171. The molecule has 0 saturated heterocycles. The highest BCUT2D eigenvalue weighted by Gasteiger charge is 2.22. The molecule has 9 heteroatoms. The van der Waals surface area contributed by atoms with E-state index in [1.165, 1.54) is 11.2 Å². The van der Waals surface area contributed by atoms with Crippen molar-refractivity contribution in [3.8, 4) is 0 Å². The molecule has 0 spiro atoms. The summed E-state index contributed by atoms with van der Waals surface area (Å²) in [5, 5.41) is 19.4. The number of furan rings is 1. The smallest absolute Gasteiger partial charge is 0.353 e. The molecular formula is C15H15N5O3S. The van der Waals surface area contributed by atoms with Gasteiger partial charge in [0.25, 0.3) is 0 Å². The van der Waals surface area contributed by atoms with Gasteiger partial charge in [-0.3, -0.25) is 10.1 Å². The SMILES string of the molecule is O=[N+]([O-])c1c(NCCc2cccs2)ncnc1NCc1ccco1. The van der Waals surface area contributed by atoms with E-state index in [1.807, 2.05) is 17.5 Å². The normalized spacial score (nSPS) is 10.5. The maximum atomic E-state index is 11.4. The maximum Gasteiger partial charge on any atom is 0.353 e. The second-order valence-electron chi connectivity index (χ2n) is 4.87. The molecule has 0 fully saturated rings. The molecule has 0 aliphatic heterocycles. The Balaban J connectivity index is 1.70. The lowest BCUT2D eigenvalue weighted by Gasteiger charge is -2.09. The number of nitrogens with zero attached hydrogens (tertiary/aromatic N) is 3. The second-order valence-corrected chi connectivity index (χ2v) is 5.90. The van der Waals surface area contributed by atoms with Crippen molar-refractivity contribution in [2.24, 2.45) is 0 Å². The summed E-state index contributed by atoms with van der Waals surface area (Å²) in [5.74, 6) is 1.02. The van der Waals surface area contributed by atoms with E-state index in [2.05, 4.69) is 20.6 Å². The van der Waals surface area contributed by atoms with Crippen LogP contribution in [0.3, 0.4) is 0 Å². The lowest BCUT2D eigenvalue weighted by molar-refractivity contribution is -0.383. The predicted molar refractivity (Wildman–Crippen MR) is 91.2 cm³/mol. The fraction of sp³-hybridized carbons (Fsp3) is 0.200. The van der Waals surface area contributed by atoms with Gasteiger partial charge in [0.15, 0.2) is 0 Å². The van der Waals surface area contributed by atoms with Crippen LogP contribution in [0.15, 0.2) is 46.7 Å². The Labute approximate surface area is 141 Å². The van der Waals surface area contributed by atoms with Crippen LogP contribution in [0.1, 0.15) is 10.6 Å². The van der Waals surface area contributed by atoms with E-state index in [1.54, 1.807) is 29.7 Å². The Kier molecular flexibility index (Phi) is 5.02. The van der Waals surface area contributed by atoms with Gasteiger partial charge < -0.3 is 15.1 Å². The van der Waals surface area contributed by atoms with Gasteiger partial charge in [0, 0.05) is 11.4 Å². The molecule has 2 N–H and O–H groups in total. The van der Waals surface area contributed by atoms with Crippen LogP contribution in [-0.4, -0.2) is 21.4 Å². The topological polar surface area (TPSA) is 106 Å². The van der Waals surface area contributed by atoms with E-state index in [9.17, 15) is 10.1 Å². The number of hydrogen-bond acceptors (Lipinski definition) is 8. The number of nitrogens with one attached hydrogen (secondary N) is 2. The molecular weight excluding hydrogens is 330 g/mol. The number of thiophene rings is 1. The van der Waals surface area contributed by atoms with Gasteiger partial charge in [-0.1, -0.05) is 6.07 Å². The van der Waals surface area contributed by atoms with Crippen molar-refractivity contribution >= 4 is 28.7 Å². The zero-order valence-corrected chi connectivity index (χ0v) is 13.5. The molecule has 0 aromatic carbocycles. The van der Waals surface area contributed by atoms with Gasteiger partial charge in [0.1, 0.15) is 12.1 Å². The average Bonchev–Trinajstić information content (AvgIpc) is 3.26. The maximum absolute atomic E-state index is 11.4. The number of nitro groups is 1. The summed E-state index contributed by atoms with van der Waals surface area (Å²) in [4.78, 5) is 20.1. The van der Waals surface area contributed by atoms with E-state index in [0.29, 0.717) is 18.8 Å². The number of rotatable bonds is 8. The third-order valence-corrected chi connectivity index (χ3v) is 4.20. The highest BCUT2D eigenvalue weighted by atomic mass is 32.1. The fourth-order valence-corrected chi connectivity index (χ4v) is 2.86. The Bertz CT molecular complexity index is 790. The van der Waals surface area contributed by atoms with Gasteiger partial charge >= 0.3 is 5.69 Å². The van der Waals surface area contributed by atoms with Crippen LogP contribution < -0.4 is 10.6 Å². The van der Waals surface area contributed by atoms with Crippen molar-refractivity contribution < 1.29 is 9.34 Å². The molecule has 124 valence electrons. The van der Waals surface area contributed by atoms with Crippen LogP contribution in [-0.2, 0) is 13.0 Å². The third kappa shape index (κ3) is 3.87. The second kappa shape index (κ2) is 7.55. The summed E-state index contributed by atoms with van der Waals surface area (Å²) < 4.78 is 5.20. The number of aromatic nitrogens is 2. The van der Waals surface area contributed by atoms with Crippen molar-refractivity contribution in [1.29, 1.82) is 0 Å². The van der Waals surface area contributed by atoms with Gasteiger partial charge in [0.2, 0.25) is 11.6 Å². The average molecular weight is 345 g/mol. The van der Waals surface area contributed by atoms with Crippen LogP contribution in [0.5, 0.6) is 0 Å². The summed E-state index contributed by atoms with van der Waals surface area (Å²) in [6, 6.07) is 7.53. The van der Waals surface area contributed by atoms with E-state index in [0.717, 1.165) is 6.42 Å². The standard InChI is InChI=1S/C15H15N5O3S/c21-20(22)13-14(16-6-5-12-4-2-8-24-12)18-10-19-15(13)17-9-11-3-1-7-23-11/h1-4,7-8,10H,5-6,9H2,(H2,16,17,18,19). The first-order chi connectivity index (χ1) is 11.7. The van der Waals surface area contributed by atoms with E-state index in [-0.39, 0.29) is 17.3 Å². The summed E-state index contributed by atoms with van der Waals surface area (Å²) in [7, 11) is 0. The lowest BCUT2D eigenvalue weighted by Crippen LogP contribution is -2.11. The molecule has 8 nitrogen and oxygen atoms in total. The molecule has 0 aliphatic carbocycles. The molecule has 0 unspecified atom stereocenters. The molecule has 0 saturated carbocycles. The molecule has 3 aromatic heterocycles. The van der Waals surface area contributed by atoms with Crippen LogP contribution in [0.2, 0.25) is 0 Å². The number of anilines is 2. The molecule has 0 bridgehead atoms. The Morgan fingerprint density at radius 2 is 2.04 bits per heavy atom. The molecule has 3 heterocycles. The third-order valence-electron chi connectivity index (χ3n) is 3.26. The van der Waals surface area contributed by atoms with Crippen molar-refractivity contribution in [3.05, 3.63) is 63.0 Å². The quantitative estimate of drug-likeness (QED) is 0.476. The zero-order valence-electron chi connectivity index (χ0n) is 12.6. The largest absolute Gasteiger partial charge is 0.467 e. The molecule has 0 aliphatic rings. The minimum atomic E-state index is -0.488. The van der Waals surface area contributed by atoms with Crippen molar-refractivity contribution in [1.82, 2.24) is 9.97 Å². The van der Waals surface area contributed by atoms with Crippen molar-refractivity contribution in [2.45, 2.75) is 13.0 Å². The van der Waals surface area contributed by atoms with Crippen molar-refractivity contribution in [2.75, 3.05) is 17.2 Å². The van der Waals surface area contributed by atoms with Crippen LogP contribution in [0, 0.1) is 10.1 Å².